The van der Waals surface area contributed by atoms with Gasteiger partial charge in [0.25, 0.3) is 5.22 Å². The fraction of sp³-hybridized carbons (Fsp3) is 0.143. The predicted octanol–water partition coefficient (Wildman–Crippen LogP) is 1.88. The molecule has 0 atom stereocenters. The molecular weight excluding hydrogens is 270 g/mol. The van der Waals surface area contributed by atoms with Crippen molar-refractivity contribution in [1.82, 2.24) is 20.2 Å². The summed E-state index contributed by atoms with van der Waals surface area (Å²) in [7, 11) is 0. The van der Waals surface area contributed by atoms with Crippen LogP contribution in [0.15, 0.2) is 21.0 Å². The Bertz CT molecular complexity index is 574. The fourth-order valence-electron chi connectivity index (χ4n) is 0.973. The second-order valence-electron chi connectivity index (χ2n) is 2.76. The molecule has 2 rings (SSSR count). The monoisotopic (exact) mass is 273 g/mol. The summed E-state index contributed by atoms with van der Waals surface area (Å²) in [6, 6.07) is 0. The average Bonchev–Trinajstić information content (AvgIpc) is 2.63. The van der Waals surface area contributed by atoms with Crippen LogP contribution in [0.4, 0.5) is 5.69 Å². The molecule has 0 amide bonds. The molecule has 8 nitrogen and oxygen atoms in total. The number of hydrogen-bond acceptors (Lipinski definition) is 8. The topological polar surface area (TPSA) is 108 Å². The lowest BCUT2D eigenvalue weighted by molar-refractivity contribution is -0.388. The number of rotatable bonds is 3. The number of aryl methyl sites for hydroxylation is 1. The van der Waals surface area contributed by atoms with Crippen molar-refractivity contribution in [1.29, 1.82) is 0 Å². The Labute approximate surface area is 104 Å². The minimum atomic E-state index is -0.659. The number of aromatic nitrogens is 4. The Morgan fingerprint density at radius 3 is 2.82 bits per heavy atom. The first-order valence-corrected chi connectivity index (χ1v) is 5.40. The van der Waals surface area contributed by atoms with Crippen LogP contribution in [0.5, 0.6) is 0 Å². The van der Waals surface area contributed by atoms with Crippen LogP contribution in [0, 0.1) is 17.0 Å². The zero-order valence-corrected chi connectivity index (χ0v) is 9.90. The number of nitrogens with zero attached hydrogens (tertiary/aromatic N) is 5. The SMILES string of the molecule is Cc1nnc(Sc2ncnc(Cl)c2[N+](=O)[O-])o1. The standard InChI is InChI=1S/C7H4ClN5O3S/c1-3-11-12-7(16-3)17-6-4(13(14)15)5(8)9-2-10-6/h2H,1H3. The average molecular weight is 274 g/mol. The first-order chi connectivity index (χ1) is 8.08. The Hall–Kier alpha value is -1.74. The summed E-state index contributed by atoms with van der Waals surface area (Å²) in [5, 5.41) is 18.1. The number of halogens is 1. The lowest BCUT2D eigenvalue weighted by Crippen LogP contribution is -1.96. The van der Waals surface area contributed by atoms with Gasteiger partial charge in [-0.3, -0.25) is 10.1 Å². The Kier molecular flexibility index (Phi) is 3.20. The van der Waals surface area contributed by atoms with Crippen molar-refractivity contribution < 1.29 is 9.34 Å². The van der Waals surface area contributed by atoms with E-state index >= 15 is 0 Å². The van der Waals surface area contributed by atoms with Crippen LogP contribution in [-0.4, -0.2) is 25.1 Å². The third-order valence-corrected chi connectivity index (χ3v) is 2.73. The Morgan fingerprint density at radius 1 is 1.47 bits per heavy atom. The quantitative estimate of drug-likeness (QED) is 0.474. The van der Waals surface area contributed by atoms with E-state index in [-0.39, 0.29) is 21.1 Å². The van der Waals surface area contributed by atoms with Gasteiger partial charge in [0.2, 0.25) is 11.0 Å². The normalized spacial score (nSPS) is 10.5. The van der Waals surface area contributed by atoms with Crippen molar-refractivity contribution in [2.45, 2.75) is 17.2 Å². The summed E-state index contributed by atoms with van der Waals surface area (Å²) in [5.41, 5.74) is -0.380. The second kappa shape index (κ2) is 4.63. The van der Waals surface area contributed by atoms with Crippen LogP contribution in [0.2, 0.25) is 5.15 Å². The van der Waals surface area contributed by atoms with Gasteiger partial charge in [0.1, 0.15) is 6.33 Å². The molecule has 0 aliphatic carbocycles. The lowest BCUT2D eigenvalue weighted by atomic mass is 10.5. The van der Waals surface area contributed by atoms with Crippen LogP contribution in [0.3, 0.4) is 0 Å². The first-order valence-electron chi connectivity index (χ1n) is 4.21. The zero-order valence-electron chi connectivity index (χ0n) is 8.32. The van der Waals surface area contributed by atoms with Gasteiger partial charge < -0.3 is 4.42 Å². The molecule has 0 radical (unpaired) electrons. The van der Waals surface area contributed by atoms with Crippen molar-refractivity contribution in [2.24, 2.45) is 0 Å². The van der Waals surface area contributed by atoms with E-state index in [2.05, 4.69) is 20.2 Å². The smallest absolute Gasteiger partial charge is 0.338 e. The molecule has 0 saturated heterocycles. The molecule has 0 spiro atoms. The minimum absolute atomic E-state index is 0.0543. The van der Waals surface area contributed by atoms with Crippen molar-refractivity contribution in [2.75, 3.05) is 0 Å². The van der Waals surface area contributed by atoms with Crippen LogP contribution < -0.4 is 0 Å². The van der Waals surface area contributed by atoms with Crippen LogP contribution >= 0.6 is 23.4 Å². The molecule has 0 aliphatic rings. The molecule has 2 aromatic heterocycles. The zero-order chi connectivity index (χ0) is 12.4. The minimum Gasteiger partial charge on any atom is -0.416 e. The van der Waals surface area contributed by atoms with Crippen molar-refractivity contribution in [3.8, 4) is 0 Å². The van der Waals surface area contributed by atoms with Gasteiger partial charge in [0.15, 0.2) is 5.03 Å². The van der Waals surface area contributed by atoms with Crippen LogP contribution in [-0.2, 0) is 0 Å². The Balaban J connectivity index is 2.39. The first kappa shape index (κ1) is 11.7. The van der Waals surface area contributed by atoms with Gasteiger partial charge in [0.05, 0.1) is 4.92 Å². The van der Waals surface area contributed by atoms with Gasteiger partial charge in [-0.15, -0.1) is 10.2 Å². The third-order valence-electron chi connectivity index (χ3n) is 1.62. The molecule has 0 bridgehead atoms. The molecule has 0 unspecified atom stereocenters. The van der Waals surface area contributed by atoms with E-state index in [4.69, 9.17) is 16.0 Å². The summed E-state index contributed by atoms with van der Waals surface area (Å²) in [5.74, 6) is 0.357. The summed E-state index contributed by atoms with van der Waals surface area (Å²) in [6.07, 6.45) is 1.13. The van der Waals surface area contributed by atoms with Crippen molar-refractivity contribution in [3.63, 3.8) is 0 Å². The molecule has 0 saturated carbocycles. The highest BCUT2D eigenvalue weighted by atomic mass is 35.5. The maximum atomic E-state index is 10.8. The molecule has 0 N–H and O–H groups in total. The van der Waals surface area contributed by atoms with E-state index < -0.39 is 4.92 Å². The van der Waals surface area contributed by atoms with E-state index in [9.17, 15) is 10.1 Å². The number of nitro groups is 1. The largest absolute Gasteiger partial charge is 0.416 e. The summed E-state index contributed by atoms with van der Waals surface area (Å²) in [6.45, 7) is 1.61. The van der Waals surface area contributed by atoms with Gasteiger partial charge in [0, 0.05) is 6.92 Å². The summed E-state index contributed by atoms with van der Waals surface area (Å²) >= 11 is 6.48. The molecular formula is C7H4ClN5O3S. The molecule has 0 aromatic carbocycles. The van der Waals surface area contributed by atoms with Gasteiger partial charge in [-0.2, -0.15) is 0 Å². The predicted molar refractivity (Wildman–Crippen MR) is 56.9 cm³/mol. The molecule has 88 valence electrons. The van der Waals surface area contributed by atoms with Gasteiger partial charge in [-0.1, -0.05) is 11.6 Å². The van der Waals surface area contributed by atoms with Crippen LogP contribution in [0.25, 0.3) is 0 Å². The maximum Gasteiger partial charge on any atom is 0.338 e. The van der Waals surface area contributed by atoms with Gasteiger partial charge >= 0.3 is 5.69 Å². The van der Waals surface area contributed by atoms with E-state index in [1.807, 2.05) is 0 Å². The highest BCUT2D eigenvalue weighted by Gasteiger charge is 2.23. The lowest BCUT2D eigenvalue weighted by Gasteiger charge is -1.98. The summed E-state index contributed by atoms with van der Waals surface area (Å²) < 4.78 is 5.08. The highest BCUT2D eigenvalue weighted by molar-refractivity contribution is 7.99. The molecule has 2 heterocycles. The molecule has 2 aromatic rings. The van der Waals surface area contributed by atoms with E-state index in [0.717, 1.165) is 18.1 Å². The summed E-state index contributed by atoms with van der Waals surface area (Å²) in [4.78, 5) is 17.4. The maximum absolute atomic E-state index is 10.8. The van der Waals surface area contributed by atoms with Gasteiger partial charge in [-0.25, -0.2) is 9.97 Å². The van der Waals surface area contributed by atoms with Crippen molar-refractivity contribution >= 4 is 29.1 Å². The Morgan fingerprint density at radius 2 is 2.24 bits per heavy atom. The molecule has 0 fully saturated rings. The molecule has 10 heteroatoms. The van der Waals surface area contributed by atoms with E-state index in [0.29, 0.717) is 5.89 Å². The highest BCUT2D eigenvalue weighted by Crippen LogP contribution is 2.35. The number of hydrogen-bond donors (Lipinski definition) is 0. The van der Waals surface area contributed by atoms with E-state index in [1.165, 1.54) is 0 Å². The third kappa shape index (κ3) is 2.50. The molecule has 0 aliphatic heterocycles. The van der Waals surface area contributed by atoms with Gasteiger partial charge in [-0.05, 0) is 11.8 Å². The van der Waals surface area contributed by atoms with Crippen molar-refractivity contribution in [3.05, 3.63) is 27.5 Å². The van der Waals surface area contributed by atoms with E-state index in [1.54, 1.807) is 6.92 Å². The fourth-order valence-corrected chi connectivity index (χ4v) is 2.01. The second-order valence-corrected chi connectivity index (χ2v) is 4.06. The molecule has 17 heavy (non-hydrogen) atoms. The van der Waals surface area contributed by atoms with Crippen LogP contribution in [0.1, 0.15) is 5.89 Å².